The molecule has 1 saturated heterocycles. The quantitative estimate of drug-likeness (QED) is 0.612. The monoisotopic (exact) mass is 179 g/mol. The average molecular weight is 179 g/mol. The molecule has 2 N–H and O–H groups in total. The summed E-state index contributed by atoms with van der Waals surface area (Å²) >= 11 is 0. The van der Waals surface area contributed by atoms with Gasteiger partial charge in [0.1, 0.15) is 0 Å². The topological polar surface area (TPSA) is 37.6 Å². The van der Waals surface area contributed by atoms with Crippen LogP contribution in [0.2, 0.25) is 0 Å². The molecule has 1 aromatic rings. The number of aliphatic hydroxyl groups is 1. The van der Waals surface area contributed by atoms with Gasteiger partial charge >= 0.3 is 0 Å². The van der Waals surface area contributed by atoms with E-state index in [1.165, 1.54) is 4.90 Å². The first-order valence-electron chi connectivity index (χ1n) is 4.69. The molecule has 2 atom stereocenters. The Balaban J connectivity index is 2.34. The number of hydrogen-bond donors (Lipinski definition) is 2. The highest BCUT2D eigenvalue weighted by atomic mass is 16.3. The molecule has 1 aliphatic heterocycles. The van der Waals surface area contributed by atoms with E-state index in [1.807, 2.05) is 19.2 Å². The Morgan fingerprint density at radius 3 is 3.00 bits per heavy atom. The number of quaternary nitrogens is 1. The smallest absolute Gasteiger partial charge is 0.227 e. The number of nitrogens with one attached hydrogen (secondary N) is 1. The highest BCUT2D eigenvalue weighted by Crippen LogP contribution is 2.22. The van der Waals surface area contributed by atoms with Crippen LogP contribution in [0.5, 0.6) is 0 Å². The molecule has 0 aromatic carbocycles. The molecule has 13 heavy (non-hydrogen) atoms. The third kappa shape index (κ3) is 1.34. The van der Waals surface area contributed by atoms with Crippen molar-refractivity contribution in [2.75, 3.05) is 13.6 Å². The van der Waals surface area contributed by atoms with Crippen LogP contribution in [-0.4, -0.2) is 23.7 Å². The van der Waals surface area contributed by atoms with Gasteiger partial charge in [0.05, 0.1) is 19.2 Å². The van der Waals surface area contributed by atoms with Crippen LogP contribution in [0.15, 0.2) is 24.5 Å². The van der Waals surface area contributed by atoms with Crippen LogP contribution in [0.25, 0.3) is 0 Å². The van der Waals surface area contributed by atoms with E-state index in [9.17, 15) is 5.11 Å². The molecule has 1 fully saturated rings. The minimum absolute atomic E-state index is 0.700. The van der Waals surface area contributed by atoms with Crippen LogP contribution >= 0.6 is 0 Å². The van der Waals surface area contributed by atoms with Gasteiger partial charge in [-0.05, 0) is 12.1 Å². The summed E-state index contributed by atoms with van der Waals surface area (Å²) in [5.41, 5.74) is 0.235. The Bertz CT molecular complexity index is 288. The van der Waals surface area contributed by atoms with E-state index in [-0.39, 0.29) is 0 Å². The first kappa shape index (κ1) is 8.66. The van der Waals surface area contributed by atoms with Crippen molar-refractivity contribution in [3.63, 3.8) is 0 Å². The lowest BCUT2D eigenvalue weighted by Gasteiger charge is -2.26. The molecular formula is C10H15N2O+. The third-order valence-electron chi connectivity index (χ3n) is 2.94. The predicted octanol–water partition coefficient (Wildman–Crippen LogP) is -0.465. The maximum atomic E-state index is 10.4. The molecule has 0 saturated carbocycles. The molecule has 0 aliphatic carbocycles. The number of aromatic nitrogens is 1. The summed E-state index contributed by atoms with van der Waals surface area (Å²) in [5.74, 6) is 0. The zero-order valence-corrected chi connectivity index (χ0v) is 7.83. The van der Waals surface area contributed by atoms with Crippen molar-refractivity contribution in [1.29, 1.82) is 0 Å². The van der Waals surface area contributed by atoms with Crippen LogP contribution < -0.4 is 4.90 Å². The zero-order valence-electron chi connectivity index (χ0n) is 7.83. The molecule has 0 bridgehead atoms. The van der Waals surface area contributed by atoms with E-state index in [2.05, 4.69) is 4.98 Å². The van der Waals surface area contributed by atoms with Gasteiger partial charge < -0.3 is 10.0 Å². The summed E-state index contributed by atoms with van der Waals surface area (Å²) in [6, 6.07) is 3.82. The molecule has 0 amide bonds. The number of hydrogen-bond acceptors (Lipinski definition) is 2. The second kappa shape index (κ2) is 3.09. The molecule has 0 radical (unpaired) electrons. The Labute approximate surface area is 78.0 Å². The van der Waals surface area contributed by atoms with Gasteiger partial charge in [0.15, 0.2) is 0 Å². The Morgan fingerprint density at radius 2 is 2.46 bits per heavy atom. The Morgan fingerprint density at radius 1 is 1.62 bits per heavy atom. The standard InChI is InChI=1S/C10H14N2O/c1-12-7-3-5-10(12,13)9-4-2-6-11-8-9/h2,4,6,8,13H,3,5,7H2,1H3/p+1. The lowest BCUT2D eigenvalue weighted by atomic mass is 10.0. The highest BCUT2D eigenvalue weighted by molar-refractivity contribution is 5.14. The zero-order chi connectivity index (χ0) is 9.31. The van der Waals surface area contributed by atoms with E-state index < -0.39 is 5.72 Å². The fourth-order valence-corrected chi connectivity index (χ4v) is 2.03. The number of nitrogens with zero attached hydrogens (tertiary/aromatic N) is 1. The van der Waals surface area contributed by atoms with Gasteiger partial charge in [-0.2, -0.15) is 0 Å². The van der Waals surface area contributed by atoms with Crippen molar-refractivity contribution < 1.29 is 10.0 Å². The number of likely N-dealkylation sites (tertiary alicyclic amines) is 1. The maximum Gasteiger partial charge on any atom is 0.227 e. The van der Waals surface area contributed by atoms with Crippen molar-refractivity contribution in [2.24, 2.45) is 0 Å². The number of rotatable bonds is 1. The molecule has 1 aromatic heterocycles. The van der Waals surface area contributed by atoms with Crippen LogP contribution in [0, 0.1) is 0 Å². The molecule has 70 valence electrons. The van der Waals surface area contributed by atoms with Crippen LogP contribution in [-0.2, 0) is 5.72 Å². The molecule has 3 nitrogen and oxygen atoms in total. The average Bonchev–Trinajstić information content (AvgIpc) is 2.50. The molecule has 2 heterocycles. The highest BCUT2D eigenvalue weighted by Gasteiger charge is 2.42. The van der Waals surface area contributed by atoms with Crippen molar-refractivity contribution in [3.8, 4) is 0 Å². The SMILES string of the molecule is C[NH+]1CCCC1(O)c1cccnc1. The van der Waals surface area contributed by atoms with Crippen molar-refractivity contribution >= 4 is 0 Å². The van der Waals surface area contributed by atoms with Gasteiger partial charge in [0, 0.05) is 25.2 Å². The van der Waals surface area contributed by atoms with E-state index in [0.717, 1.165) is 24.9 Å². The van der Waals surface area contributed by atoms with E-state index in [4.69, 9.17) is 0 Å². The summed E-state index contributed by atoms with van der Waals surface area (Å²) < 4.78 is 0. The van der Waals surface area contributed by atoms with E-state index in [1.54, 1.807) is 12.4 Å². The van der Waals surface area contributed by atoms with Crippen molar-refractivity contribution in [3.05, 3.63) is 30.1 Å². The minimum atomic E-state index is -0.700. The molecule has 0 spiro atoms. The van der Waals surface area contributed by atoms with Gasteiger partial charge in [0.25, 0.3) is 0 Å². The lowest BCUT2D eigenvalue weighted by Crippen LogP contribution is -3.14. The Kier molecular flexibility index (Phi) is 2.06. The summed E-state index contributed by atoms with van der Waals surface area (Å²) in [4.78, 5) is 5.20. The largest absolute Gasteiger partial charge is 0.339 e. The van der Waals surface area contributed by atoms with Crippen molar-refractivity contribution in [1.82, 2.24) is 4.98 Å². The van der Waals surface area contributed by atoms with E-state index >= 15 is 0 Å². The van der Waals surface area contributed by atoms with Crippen molar-refractivity contribution in [2.45, 2.75) is 18.6 Å². The van der Waals surface area contributed by atoms with Gasteiger partial charge in [-0.15, -0.1) is 0 Å². The summed E-state index contributed by atoms with van der Waals surface area (Å²) in [6.45, 7) is 1.03. The molecule has 1 aliphatic rings. The van der Waals surface area contributed by atoms with Gasteiger partial charge in [0.2, 0.25) is 5.72 Å². The first-order valence-corrected chi connectivity index (χ1v) is 4.69. The summed E-state index contributed by atoms with van der Waals surface area (Å²) in [6.07, 6.45) is 5.41. The van der Waals surface area contributed by atoms with Gasteiger partial charge in [-0.1, -0.05) is 0 Å². The normalized spacial score (nSPS) is 33.5. The second-order valence-corrected chi connectivity index (χ2v) is 3.74. The maximum absolute atomic E-state index is 10.4. The summed E-state index contributed by atoms with van der Waals surface area (Å²) in [5, 5.41) is 10.4. The summed E-state index contributed by atoms with van der Waals surface area (Å²) in [7, 11) is 2.03. The molecule has 3 heteroatoms. The first-order chi connectivity index (χ1) is 6.23. The minimum Gasteiger partial charge on any atom is -0.339 e. The van der Waals surface area contributed by atoms with Gasteiger partial charge in [-0.25, -0.2) is 0 Å². The van der Waals surface area contributed by atoms with Crippen LogP contribution in [0.4, 0.5) is 0 Å². The molecule has 2 rings (SSSR count). The lowest BCUT2D eigenvalue weighted by molar-refractivity contribution is -0.956. The number of pyridine rings is 1. The van der Waals surface area contributed by atoms with Crippen LogP contribution in [0.1, 0.15) is 18.4 Å². The second-order valence-electron chi connectivity index (χ2n) is 3.74. The van der Waals surface area contributed by atoms with Crippen LogP contribution in [0.3, 0.4) is 0 Å². The molecule has 2 unspecified atom stereocenters. The fraction of sp³-hybridized carbons (Fsp3) is 0.500. The Hall–Kier alpha value is -0.930. The molecular weight excluding hydrogens is 164 g/mol. The van der Waals surface area contributed by atoms with E-state index in [0.29, 0.717) is 0 Å². The third-order valence-corrected chi connectivity index (χ3v) is 2.94. The van der Waals surface area contributed by atoms with Gasteiger partial charge in [-0.3, -0.25) is 4.98 Å². The predicted molar refractivity (Wildman–Crippen MR) is 49.1 cm³/mol. The fourth-order valence-electron chi connectivity index (χ4n) is 2.03.